The number of benzene rings is 2. The molecule has 0 atom stereocenters. The number of carbonyl (C=O) groups is 2. The Morgan fingerprint density at radius 2 is 1.45 bits per heavy atom. The summed E-state index contributed by atoms with van der Waals surface area (Å²) < 4.78 is 30.8. The third kappa shape index (κ3) is 4.88. The van der Waals surface area contributed by atoms with Crippen molar-refractivity contribution in [1.29, 1.82) is 0 Å². The van der Waals surface area contributed by atoms with E-state index in [-0.39, 0.29) is 16.7 Å². The highest BCUT2D eigenvalue weighted by Gasteiger charge is 2.25. The van der Waals surface area contributed by atoms with Crippen molar-refractivity contribution in [2.24, 2.45) is 0 Å². The molecule has 1 heterocycles. The monoisotopic (exact) mass is 445 g/mol. The van der Waals surface area contributed by atoms with Crippen LogP contribution in [0.2, 0.25) is 0 Å². The number of amides is 2. The molecule has 0 aromatic heterocycles. The lowest BCUT2D eigenvalue weighted by atomic mass is 10.1. The first-order chi connectivity index (χ1) is 14.8. The van der Waals surface area contributed by atoms with Gasteiger partial charge in [-0.05, 0) is 42.8 Å². The first-order valence-electron chi connectivity index (χ1n) is 10.00. The first-order valence-corrected chi connectivity index (χ1v) is 11.4. The lowest BCUT2D eigenvalue weighted by Gasteiger charge is -2.23. The number of hydrogen-bond acceptors (Lipinski definition) is 5. The van der Waals surface area contributed by atoms with E-state index in [0.717, 1.165) is 4.31 Å². The number of rotatable bonds is 5. The Morgan fingerprint density at radius 1 is 0.871 bits per heavy atom. The Morgan fingerprint density at radius 3 is 2.03 bits per heavy atom. The molecule has 0 radical (unpaired) electrons. The maximum atomic E-state index is 12.9. The molecule has 0 spiro atoms. The minimum Gasteiger partial charge on any atom is -0.496 e. The molecule has 1 aliphatic heterocycles. The second-order valence-electron chi connectivity index (χ2n) is 7.45. The van der Waals surface area contributed by atoms with Gasteiger partial charge in [-0.2, -0.15) is 0 Å². The number of ether oxygens (including phenoxy) is 1. The molecule has 8 nitrogen and oxygen atoms in total. The Hall–Kier alpha value is -2.91. The average Bonchev–Trinajstić information content (AvgIpc) is 3.04. The highest BCUT2D eigenvalue weighted by atomic mass is 32.2. The van der Waals surface area contributed by atoms with Crippen LogP contribution in [0.5, 0.6) is 5.75 Å². The quantitative estimate of drug-likeness (QED) is 0.702. The first kappa shape index (κ1) is 22.8. The van der Waals surface area contributed by atoms with Gasteiger partial charge in [-0.1, -0.05) is 12.1 Å². The van der Waals surface area contributed by atoms with Gasteiger partial charge < -0.3 is 14.5 Å². The normalized spacial score (nSPS) is 15.0. The summed E-state index contributed by atoms with van der Waals surface area (Å²) in [5, 5.41) is 0. The SMILES string of the molecule is COc1ccccc1C(=O)N1CCCN(C(=O)c2ccc(S(=O)(=O)N(C)C)cc2)CC1. The van der Waals surface area contributed by atoms with Gasteiger partial charge in [-0.3, -0.25) is 9.59 Å². The molecule has 2 amide bonds. The summed E-state index contributed by atoms with van der Waals surface area (Å²) in [5.41, 5.74) is 0.921. The van der Waals surface area contributed by atoms with Crippen LogP contribution in [0, 0.1) is 0 Å². The van der Waals surface area contributed by atoms with Gasteiger partial charge in [0.25, 0.3) is 11.8 Å². The number of methoxy groups -OCH3 is 1. The van der Waals surface area contributed by atoms with E-state index < -0.39 is 10.0 Å². The van der Waals surface area contributed by atoms with Gasteiger partial charge in [0.15, 0.2) is 0 Å². The summed E-state index contributed by atoms with van der Waals surface area (Å²) in [6, 6.07) is 13.0. The molecule has 166 valence electrons. The van der Waals surface area contributed by atoms with E-state index in [2.05, 4.69) is 0 Å². The van der Waals surface area contributed by atoms with Crippen LogP contribution in [-0.4, -0.2) is 81.7 Å². The van der Waals surface area contributed by atoms with E-state index in [0.29, 0.717) is 49.5 Å². The maximum Gasteiger partial charge on any atom is 0.257 e. The molecule has 0 N–H and O–H groups in total. The molecular formula is C22H27N3O5S. The number of hydrogen-bond donors (Lipinski definition) is 0. The predicted octanol–water partition coefficient (Wildman–Crippen LogP) is 1.93. The van der Waals surface area contributed by atoms with Crippen molar-refractivity contribution in [3.63, 3.8) is 0 Å². The van der Waals surface area contributed by atoms with Crippen LogP contribution in [-0.2, 0) is 10.0 Å². The molecule has 0 bridgehead atoms. The third-order valence-electron chi connectivity index (χ3n) is 5.29. The summed E-state index contributed by atoms with van der Waals surface area (Å²) in [6.07, 6.45) is 0.653. The Labute approximate surface area is 183 Å². The fourth-order valence-corrected chi connectivity index (χ4v) is 4.38. The van der Waals surface area contributed by atoms with Crippen molar-refractivity contribution in [2.75, 3.05) is 47.4 Å². The van der Waals surface area contributed by atoms with Gasteiger partial charge >= 0.3 is 0 Å². The van der Waals surface area contributed by atoms with Crippen molar-refractivity contribution >= 4 is 21.8 Å². The van der Waals surface area contributed by atoms with E-state index in [1.807, 2.05) is 6.07 Å². The molecule has 2 aromatic rings. The number of nitrogens with zero attached hydrogens (tertiary/aromatic N) is 3. The zero-order chi connectivity index (χ0) is 22.6. The fraction of sp³-hybridized carbons (Fsp3) is 0.364. The van der Waals surface area contributed by atoms with Gasteiger partial charge in [0.05, 0.1) is 17.6 Å². The van der Waals surface area contributed by atoms with Crippen molar-refractivity contribution < 1.29 is 22.7 Å². The minimum atomic E-state index is -3.54. The van der Waals surface area contributed by atoms with Crippen molar-refractivity contribution in [3.05, 3.63) is 59.7 Å². The van der Waals surface area contributed by atoms with Crippen molar-refractivity contribution in [3.8, 4) is 5.75 Å². The minimum absolute atomic E-state index is 0.120. The van der Waals surface area contributed by atoms with Gasteiger partial charge in [-0.15, -0.1) is 0 Å². The highest BCUT2D eigenvalue weighted by Crippen LogP contribution is 2.21. The summed E-state index contributed by atoms with van der Waals surface area (Å²) in [6.45, 7) is 1.88. The summed E-state index contributed by atoms with van der Waals surface area (Å²) in [5.74, 6) is 0.225. The molecular weight excluding hydrogens is 418 g/mol. The van der Waals surface area contributed by atoms with Crippen LogP contribution in [0.25, 0.3) is 0 Å². The average molecular weight is 446 g/mol. The Balaban J connectivity index is 1.69. The summed E-state index contributed by atoms with van der Waals surface area (Å²) >= 11 is 0. The van der Waals surface area contributed by atoms with Gasteiger partial charge in [0.2, 0.25) is 10.0 Å². The largest absolute Gasteiger partial charge is 0.496 e. The summed E-state index contributed by atoms with van der Waals surface area (Å²) in [4.78, 5) is 29.5. The topological polar surface area (TPSA) is 87.2 Å². The highest BCUT2D eigenvalue weighted by molar-refractivity contribution is 7.89. The molecule has 0 aliphatic carbocycles. The van der Waals surface area contributed by atoms with Crippen LogP contribution < -0.4 is 4.74 Å². The number of carbonyl (C=O) groups excluding carboxylic acids is 2. The van der Waals surface area contributed by atoms with Crippen LogP contribution in [0.15, 0.2) is 53.4 Å². The molecule has 0 saturated carbocycles. The third-order valence-corrected chi connectivity index (χ3v) is 7.12. The zero-order valence-electron chi connectivity index (χ0n) is 17.9. The zero-order valence-corrected chi connectivity index (χ0v) is 18.8. The summed E-state index contributed by atoms with van der Waals surface area (Å²) in [7, 11) is 0.911. The molecule has 1 aliphatic rings. The van der Waals surface area contributed by atoms with E-state index in [1.54, 1.807) is 28.0 Å². The molecule has 2 aromatic carbocycles. The van der Waals surface area contributed by atoms with Crippen molar-refractivity contribution in [2.45, 2.75) is 11.3 Å². The van der Waals surface area contributed by atoms with Gasteiger partial charge in [0.1, 0.15) is 5.75 Å². The van der Waals surface area contributed by atoms with Crippen LogP contribution in [0.4, 0.5) is 0 Å². The maximum absolute atomic E-state index is 12.9. The Kier molecular flexibility index (Phi) is 6.97. The predicted molar refractivity (Wildman–Crippen MR) is 117 cm³/mol. The molecule has 0 unspecified atom stereocenters. The van der Waals surface area contributed by atoms with Gasteiger partial charge in [-0.25, -0.2) is 12.7 Å². The molecule has 1 fully saturated rings. The van der Waals surface area contributed by atoms with Crippen LogP contribution in [0.3, 0.4) is 0 Å². The van der Waals surface area contributed by atoms with E-state index in [4.69, 9.17) is 4.74 Å². The smallest absolute Gasteiger partial charge is 0.257 e. The second-order valence-corrected chi connectivity index (χ2v) is 9.60. The number of sulfonamides is 1. The van der Waals surface area contributed by atoms with E-state index in [1.165, 1.54) is 45.5 Å². The van der Waals surface area contributed by atoms with E-state index >= 15 is 0 Å². The Bertz CT molecular complexity index is 1050. The number of para-hydroxylation sites is 1. The molecule has 31 heavy (non-hydrogen) atoms. The lowest BCUT2D eigenvalue weighted by Crippen LogP contribution is -2.37. The van der Waals surface area contributed by atoms with Crippen molar-refractivity contribution in [1.82, 2.24) is 14.1 Å². The second kappa shape index (κ2) is 9.49. The molecule has 1 saturated heterocycles. The lowest BCUT2D eigenvalue weighted by molar-refractivity contribution is 0.0717. The van der Waals surface area contributed by atoms with Crippen LogP contribution >= 0.6 is 0 Å². The standard InChI is InChI=1S/C22H27N3O5S/c1-23(2)31(28,29)18-11-9-17(10-12-18)21(26)24-13-6-14-25(16-15-24)22(27)19-7-4-5-8-20(19)30-3/h4-5,7-12H,6,13-16H2,1-3H3. The molecule has 9 heteroatoms. The van der Waals surface area contributed by atoms with Gasteiger partial charge in [0, 0.05) is 45.8 Å². The van der Waals surface area contributed by atoms with E-state index in [9.17, 15) is 18.0 Å². The fourth-order valence-electron chi connectivity index (χ4n) is 3.48. The molecule has 3 rings (SSSR count). The van der Waals surface area contributed by atoms with Crippen LogP contribution in [0.1, 0.15) is 27.1 Å².